The van der Waals surface area contributed by atoms with E-state index in [1.54, 1.807) is 12.1 Å². The second kappa shape index (κ2) is 7.47. The van der Waals surface area contributed by atoms with Gasteiger partial charge in [-0.3, -0.25) is 4.79 Å². The quantitative estimate of drug-likeness (QED) is 0.731. The summed E-state index contributed by atoms with van der Waals surface area (Å²) in [6.07, 6.45) is 0.591. The van der Waals surface area contributed by atoms with Crippen molar-refractivity contribution < 1.29 is 14.0 Å². The summed E-state index contributed by atoms with van der Waals surface area (Å²) in [6.45, 7) is 4.05. The molecule has 0 spiro atoms. The molecule has 0 aliphatic carbocycles. The third kappa shape index (κ3) is 5.26. The molecular weight excluding hydrogens is 261 g/mol. The van der Waals surface area contributed by atoms with E-state index in [2.05, 4.69) is 10.6 Å². The standard InChI is InChI=1S/C14H20FN3O2/c1-9(2)12(18-14(16)20)13(19)17-8-7-10-3-5-11(15)6-4-10/h3-6,9,12H,7-8H2,1-2H3,(H,17,19)(H3,16,18,20)/t12-/m0/s1. The van der Waals surface area contributed by atoms with Gasteiger partial charge in [-0.2, -0.15) is 0 Å². The van der Waals surface area contributed by atoms with Gasteiger partial charge < -0.3 is 16.4 Å². The van der Waals surface area contributed by atoms with Crippen molar-refractivity contribution in [2.24, 2.45) is 11.7 Å². The molecule has 110 valence electrons. The molecule has 0 bridgehead atoms. The predicted molar refractivity (Wildman–Crippen MR) is 74.5 cm³/mol. The van der Waals surface area contributed by atoms with Gasteiger partial charge in [0.2, 0.25) is 5.91 Å². The van der Waals surface area contributed by atoms with E-state index in [9.17, 15) is 14.0 Å². The molecule has 1 aromatic rings. The number of hydrogen-bond donors (Lipinski definition) is 3. The lowest BCUT2D eigenvalue weighted by Crippen LogP contribution is -2.51. The lowest BCUT2D eigenvalue weighted by Gasteiger charge is -2.20. The van der Waals surface area contributed by atoms with Gasteiger partial charge in [-0.15, -0.1) is 0 Å². The van der Waals surface area contributed by atoms with Gasteiger partial charge >= 0.3 is 6.03 Å². The SMILES string of the molecule is CC(C)[C@H](NC(N)=O)C(=O)NCCc1ccc(F)cc1. The Bertz CT molecular complexity index is 460. The summed E-state index contributed by atoms with van der Waals surface area (Å²) in [5, 5.41) is 5.14. The van der Waals surface area contributed by atoms with Gasteiger partial charge in [0.15, 0.2) is 0 Å². The Morgan fingerprint density at radius 3 is 2.35 bits per heavy atom. The zero-order valence-corrected chi connectivity index (χ0v) is 11.7. The maximum absolute atomic E-state index is 12.7. The number of nitrogens with one attached hydrogen (secondary N) is 2. The van der Waals surface area contributed by atoms with Crippen LogP contribution in [0, 0.1) is 11.7 Å². The Morgan fingerprint density at radius 1 is 1.25 bits per heavy atom. The van der Waals surface area contributed by atoms with E-state index in [0.717, 1.165) is 5.56 Å². The van der Waals surface area contributed by atoms with E-state index in [1.165, 1.54) is 12.1 Å². The van der Waals surface area contributed by atoms with Crippen LogP contribution in [0.5, 0.6) is 0 Å². The molecule has 3 amide bonds. The van der Waals surface area contributed by atoms with Crippen LogP contribution >= 0.6 is 0 Å². The Balaban J connectivity index is 2.44. The highest BCUT2D eigenvalue weighted by atomic mass is 19.1. The van der Waals surface area contributed by atoms with Crippen molar-refractivity contribution >= 4 is 11.9 Å². The number of amides is 3. The van der Waals surface area contributed by atoms with Crippen LogP contribution in [0.2, 0.25) is 0 Å². The second-order valence-electron chi connectivity index (χ2n) is 4.90. The number of hydrogen-bond acceptors (Lipinski definition) is 2. The second-order valence-corrected chi connectivity index (χ2v) is 4.90. The summed E-state index contributed by atoms with van der Waals surface area (Å²) in [5.41, 5.74) is 5.96. The van der Waals surface area contributed by atoms with Gasteiger partial charge in [-0.25, -0.2) is 9.18 Å². The first-order chi connectivity index (χ1) is 9.40. The van der Waals surface area contributed by atoms with Crippen molar-refractivity contribution in [1.29, 1.82) is 0 Å². The van der Waals surface area contributed by atoms with Crippen molar-refractivity contribution in [3.63, 3.8) is 0 Å². The van der Waals surface area contributed by atoms with E-state index < -0.39 is 12.1 Å². The summed E-state index contributed by atoms with van der Waals surface area (Å²) < 4.78 is 12.7. The molecule has 1 atom stereocenters. The summed E-state index contributed by atoms with van der Waals surface area (Å²) in [5.74, 6) is -0.627. The number of primary amides is 1. The first-order valence-corrected chi connectivity index (χ1v) is 6.48. The fraction of sp³-hybridized carbons (Fsp3) is 0.429. The molecule has 0 saturated carbocycles. The van der Waals surface area contributed by atoms with Crippen LogP contribution in [0.15, 0.2) is 24.3 Å². The molecule has 0 unspecified atom stereocenters. The van der Waals surface area contributed by atoms with Crippen molar-refractivity contribution in [2.45, 2.75) is 26.3 Å². The molecule has 0 heterocycles. The Kier molecular flexibility index (Phi) is 5.96. The van der Waals surface area contributed by atoms with Crippen LogP contribution in [0.4, 0.5) is 9.18 Å². The Labute approximate surface area is 117 Å². The number of urea groups is 1. The first kappa shape index (κ1) is 15.9. The third-order valence-electron chi connectivity index (χ3n) is 2.87. The highest BCUT2D eigenvalue weighted by molar-refractivity contribution is 5.86. The zero-order valence-electron chi connectivity index (χ0n) is 11.7. The fourth-order valence-electron chi connectivity index (χ4n) is 1.78. The minimum absolute atomic E-state index is 0.0617. The molecule has 0 aromatic heterocycles. The summed E-state index contributed by atoms with van der Waals surface area (Å²) >= 11 is 0. The fourth-order valence-corrected chi connectivity index (χ4v) is 1.78. The van der Waals surface area contributed by atoms with Crippen LogP contribution in [0.1, 0.15) is 19.4 Å². The Morgan fingerprint density at radius 2 is 1.85 bits per heavy atom. The molecule has 20 heavy (non-hydrogen) atoms. The third-order valence-corrected chi connectivity index (χ3v) is 2.87. The monoisotopic (exact) mass is 281 g/mol. The lowest BCUT2D eigenvalue weighted by atomic mass is 10.0. The highest BCUT2D eigenvalue weighted by Gasteiger charge is 2.22. The summed E-state index contributed by atoms with van der Waals surface area (Å²) in [4.78, 5) is 22.8. The molecule has 6 heteroatoms. The molecule has 4 N–H and O–H groups in total. The minimum Gasteiger partial charge on any atom is -0.354 e. The maximum Gasteiger partial charge on any atom is 0.312 e. The molecule has 1 aromatic carbocycles. The van der Waals surface area contributed by atoms with Gasteiger partial charge in [0.25, 0.3) is 0 Å². The van der Waals surface area contributed by atoms with Gasteiger partial charge in [0, 0.05) is 6.54 Å². The average Bonchev–Trinajstić information content (AvgIpc) is 2.37. The largest absolute Gasteiger partial charge is 0.354 e. The van der Waals surface area contributed by atoms with Crippen molar-refractivity contribution in [3.8, 4) is 0 Å². The van der Waals surface area contributed by atoms with Gasteiger partial charge in [-0.05, 0) is 30.0 Å². The molecule has 5 nitrogen and oxygen atoms in total. The van der Waals surface area contributed by atoms with Crippen LogP contribution < -0.4 is 16.4 Å². The molecule has 1 rings (SSSR count). The van der Waals surface area contributed by atoms with Crippen LogP contribution in [0.25, 0.3) is 0 Å². The topological polar surface area (TPSA) is 84.2 Å². The van der Waals surface area contributed by atoms with Crippen LogP contribution in [-0.4, -0.2) is 24.5 Å². The normalized spacial score (nSPS) is 12.0. The van der Waals surface area contributed by atoms with Gasteiger partial charge in [-0.1, -0.05) is 26.0 Å². The van der Waals surface area contributed by atoms with Gasteiger partial charge in [0.1, 0.15) is 11.9 Å². The van der Waals surface area contributed by atoms with Crippen molar-refractivity contribution in [2.75, 3.05) is 6.54 Å². The van der Waals surface area contributed by atoms with Crippen molar-refractivity contribution in [3.05, 3.63) is 35.6 Å². The molecular formula is C14H20FN3O2. The predicted octanol–water partition coefficient (Wildman–Crippen LogP) is 1.18. The summed E-state index contributed by atoms with van der Waals surface area (Å²) in [7, 11) is 0. The van der Waals surface area contributed by atoms with Crippen molar-refractivity contribution in [1.82, 2.24) is 10.6 Å². The molecule has 0 aliphatic heterocycles. The van der Waals surface area contributed by atoms with Crippen LogP contribution in [-0.2, 0) is 11.2 Å². The van der Waals surface area contributed by atoms with Crippen LogP contribution in [0.3, 0.4) is 0 Å². The Hall–Kier alpha value is -2.11. The minimum atomic E-state index is -0.725. The van der Waals surface area contributed by atoms with E-state index in [-0.39, 0.29) is 17.6 Å². The van der Waals surface area contributed by atoms with E-state index in [1.807, 2.05) is 13.8 Å². The first-order valence-electron chi connectivity index (χ1n) is 6.48. The molecule has 0 saturated heterocycles. The summed E-state index contributed by atoms with van der Waals surface area (Å²) in [6, 6.07) is 4.72. The smallest absolute Gasteiger partial charge is 0.312 e. The lowest BCUT2D eigenvalue weighted by molar-refractivity contribution is -0.123. The van der Waals surface area contributed by atoms with E-state index in [4.69, 9.17) is 5.73 Å². The van der Waals surface area contributed by atoms with E-state index in [0.29, 0.717) is 13.0 Å². The van der Waals surface area contributed by atoms with Gasteiger partial charge in [0.05, 0.1) is 0 Å². The number of nitrogens with two attached hydrogens (primary N) is 1. The maximum atomic E-state index is 12.7. The average molecular weight is 281 g/mol. The number of carbonyl (C=O) groups is 2. The molecule has 0 fully saturated rings. The number of rotatable bonds is 6. The van der Waals surface area contributed by atoms with E-state index >= 15 is 0 Å². The molecule has 0 radical (unpaired) electrons. The molecule has 0 aliphatic rings. The number of benzene rings is 1. The zero-order chi connectivity index (χ0) is 15.1. The number of halogens is 1. The number of carbonyl (C=O) groups excluding carboxylic acids is 2. The highest BCUT2D eigenvalue weighted by Crippen LogP contribution is 2.04.